The summed E-state index contributed by atoms with van der Waals surface area (Å²) in [5.41, 5.74) is 0. The summed E-state index contributed by atoms with van der Waals surface area (Å²) in [5.74, 6) is 0.783. The van der Waals surface area contributed by atoms with Crippen molar-refractivity contribution >= 4 is 0 Å². The zero-order valence-corrected chi connectivity index (χ0v) is 8.84. The minimum Gasteiger partial charge on any atom is -0.396 e. The zero-order valence-electron chi connectivity index (χ0n) is 8.84. The van der Waals surface area contributed by atoms with E-state index in [9.17, 15) is 0 Å². The molecule has 0 amide bonds. The van der Waals surface area contributed by atoms with Crippen molar-refractivity contribution in [3.05, 3.63) is 0 Å². The molecular weight excluding hydrogens is 164 g/mol. The second-order valence-corrected chi connectivity index (χ2v) is 3.90. The van der Waals surface area contributed by atoms with E-state index in [-0.39, 0.29) is 0 Å². The van der Waals surface area contributed by atoms with Gasteiger partial charge in [-0.25, -0.2) is 0 Å². The maximum atomic E-state index is 8.60. The van der Waals surface area contributed by atoms with E-state index < -0.39 is 0 Å². The fraction of sp³-hybridized carbons (Fsp3) is 1.00. The van der Waals surface area contributed by atoms with Gasteiger partial charge in [0.05, 0.1) is 0 Å². The van der Waals surface area contributed by atoms with Crippen LogP contribution in [-0.2, 0) is 0 Å². The Hall–Kier alpha value is -0.0800. The molecule has 0 rings (SSSR count). The molecule has 80 valence electrons. The molecule has 0 aromatic carbocycles. The van der Waals surface area contributed by atoms with Crippen molar-refractivity contribution in [3.8, 4) is 0 Å². The minimum atomic E-state index is 0.331. The Balaban J connectivity index is 3.05. The number of aliphatic hydroxyl groups excluding tert-OH is 2. The van der Waals surface area contributed by atoms with Crippen molar-refractivity contribution in [2.75, 3.05) is 13.2 Å². The van der Waals surface area contributed by atoms with Gasteiger partial charge in [-0.1, -0.05) is 39.0 Å². The molecule has 2 nitrogen and oxygen atoms in total. The van der Waals surface area contributed by atoms with Gasteiger partial charge < -0.3 is 10.2 Å². The number of unbranched alkanes of at least 4 members (excludes halogenated alkanes) is 3. The van der Waals surface area contributed by atoms with Crippen LogP contribution in [0.25, 0.3) is 0 Å². The van der Waals surface area contributed by atoms with Gasteiger partial charge in [-0.05, 0) is 18.8 Å². The summed E-state index contributed by atoms with van der Waals surface area (Å²) in [5, 5.41) is 17.2. The smallest absolute Gasteiger partial charge is 0.0431 e. The molecule has 2 heteroatoms. The van der Waals surface area contributed by atoms with Gasteiger partial charge in [-0.15, -0.1) is 0 Å². The molecule has 0 fully saturated rings. The van der Waals surface area contributed by atoms with Crippen molar-refractivity contribution in [1.29, 1.82) is 0 Å². The molecule has 2 N–H and O–H groups in total. The molecule has 0 aliphatic rings. The van der Waals surface area contributed by atoms with Crippen molar-refractivity contribution in [3.63, 3.8) is 0 Å². The first-order chi connectivity index (χ1) is 6.31. The van der Waals surface area contributed by atoms with E-state index in [0.29, 0.717) is 13.2 Å². The van der Waals surface area contributed by atoms with E-state index in [2.05, 4.69) is 6.92 Å². The summed E-state index contributed by atoms with van der Waals surface area (Å²) in [6.45, 7) is 2.94. The highest BCUT2D eigenvalue weighted by Gasteiger charge is 2.00. The lowest BCUT2D eigenvalue weighted by atomic mass is 9.97. The first-order valence-electron chi connectivity index (χ1n) is 5.53. The van der Waals surface area contributed by atoms with Gasteiger partial charge in [0, 0.05) is 13.2 Å². The molecule has 0 aromatic rings. The van der Waals surface area contributed by atoms with Gasteiger partial charge in [0.1, 0.15) is 0 Å². The highest BCUT2D eigenvalue weighted by Crippen LogP contribution is 2.15. The Bertz CT molecular complexity index is 94.1. The Morgan fingerprint density at radius 2 is 1.23 bits per heavy atom. The molecule has 0 spiro atoms. The third kappa shape index (κ3) is 9.84. The summed E-state index contributed by atoms with van der Waals surface area (Å²) in [7, 11) is 0. The SMILES string of the molecule is CC(CCCCO)CCCCCO. The molecule has 0 aliphatic carbocycles. The van der Waals surface area contributed by atoms with Crippen LogP contribution in [0, 0.1) is 5.92 Å². The zero-order chi connectivity index (χ0) is 9.94. The summed E-state index contributed by atoms with van der Waals surface area (Å²) in [6.07, 6.45) is 7.94. The number of hydrogen-bond acceptors (Lipinski definition) is 2. The Labute approximate surface area is 82.0 Å². The van der Waals surface area contributed by atoms with Gasteiger partial charge in [0.2, 0.25) is 0 Å². The monoisotopic (exact) mass is 188 g/mol. The third-order valence-electron chi connectivity index (χ3n) is 2.46. The van der Waals surface area contributed by atoms with Gasteiger partial charge in [-0.3, -0.25) is 0 Å². The van der Waals surface area contributed by atoms with Crippen LogP contribution in [0.3, 0.4) is 0 Å². The van der Waals surface area contributed by atoms with Gasteiger partial charge in [-0.2, -0.15) is 0 Å². The number of rotatable bonds is 9. The predicted molar refractivity (Wildman–Crippen MR) is 55.7 cm³/mol. The average Bonchev–Trinajstić information content (AvgIpc) is 2.13. The van der Waals surface area contributed by atoms with Crippen LogP contribution in [-0.4, -0.2) is 23.4 Å². The Kier molecular flexibility index (Phi) is 9.94. The third-order valence-corrected chi connectivity index (χ3v) is 2.46. The van der Waals surface area contributed by atoms with Crippen molar-refractivity contribution in [2.24, 2.45) is 5.92 Å². The van der Waals surface area contributed by atoms with Crippen molar-refractivity contribution in [2.45, 2.75) is 51.9 Å². The van der Waals surface area contributed by atoms with Gasteiger partial charge in [0.15, 0.2) is 0 Å². The molecule has 1 unspecified atom stereocenters. The van der Waals surface area contributed by atoms with Crippen molar-refractivity contribution in [1.82, 2.24) is 0 Å². The Morgan fingerprint density at radius 1 is 0.769 bits per heavy atom. The summed E-state index contributed by atoms with van der Waals surface area (Å²) in [4.78, 5) is 0. The highest BCUT2D eigenvalue weighted by molar-refractivity contribution is 4.54. The van der Waals surface area contributed by atoms with Crippen LogP contribution in [0.5, 0.6) is 0 Å². The lowest BCUT2D eigenvalue weighted by Gasteiger charge is -2.09. The standard InChI is InChI=1S/C11H24O2/c1-11(8-4-6-10-13)7-3-2-5-9-12/h11-13H,2-10H2,1H3. The fourth-order valence-corrected chi connectivity index (χ4v) is 1.53. The molecular formula is C11H24O2. The second-order valence-electron chi connectivity index (χ2n) is 3.90. The van der Waals surface area contributed by atoms with E-state index in [1.165, 1.54) is 19.3 Å². The summed E-state index contributed by atoms with van der Waals surface area (Å²) >= 11 is 0. The van der Waals surface area contributed by atoms with Crippen LogP contribution >= 0.6 is 0 Å². The molecule has 0 radical (unpaired) electrons. The second kappa shape index (κ2) is 10.0. The summed E-state index contributed by atoms with van der Waals surface area (Å²) < 4.78 is 0. The minimum absolute atomic E-state index is 0.331. The molecule has 0 aromatic heterocycles. The molecule has 0 saturated carbocycles. The molecule has 13 heavy (non-hydrogen) atoms. The molecule has 0 heterocycles. The maximum absolute atomic E-state index is 8.60. The lowest BCUT2D eigenvalue weighted by molar-refractivity contribution is 0.273. The van der Waals surface area contributed by atoms with E-state index >= 15 is 0 Å². The lowest BCUT2D eigenvalue weighted by Crippen LogP contribution is -1.96. The Morgan fingerprint density at radius 3 is 1.77 bits per heavy atom. The number of hydrogen-bond donors (Lipinski definition) is 2. The van der Waals surface area contributed by atoms with Gasteiger partial charge >= 0.3 is 0 Å². The van der Waals surface area contributed by atoms with E-state index in [0.717, 1.165) is 31.6 Å². The molecule has 1 atom stereocenters. The van der Waals surface area contributed by atoms with E-state index in [1.54, 1.807) is 0 Å². The average molecular weight is 188 g/mol. The van der Waals surface area contributed by atoms with Crippen molar-refractivity contribution < 1.29 is 10.2 Å². The predicted octanol–water partition coefficient (Wildman–Crippen LogP) is 2.34. The quantitative estimate of drug-likeness (QED) is 0.545. The maximum Gasteiger partial charge on any atom is 0.0431 e. The van der Waals surface area contributed by atoms with E-state index in [4.69, 9.17) is 10.2 Å². The molecule has 0 saturated heterocycles. The van der Waals surface area contributed by atoms with Gasteiger partial charge in [0.25, 0.3) is 0 Å². The highest BCUT2D eigenvalue weighted by atomic mass is 16.3. The normalized spacial score (nSPS) is 13.2. The first-order valence-corrected chi connectivity index (χ1v) is 5.53. The topological polar surface area (TPSA) is 40.5 Å². The molecule has 0 aliphatic heterocycles. The summed E-state index contributed by atoms with van der Waals surface area (Å²) in [6, 6.07) is 0. The first kappa shape index (κ1) is 12.9. The fourth-order valence-electron chi connectivity index (χ4n) is 1.53. The van der Waals surface area contributed by atoms with Crippen LogP contribution in [0.1, 0.15) is 51.9 Å². The van der Waals surface area contributed by atoms with Crippen LogP contribution in [0.4, 0.5) is 0 Å². The van der Waals surface area contributed by atoms with E-state index in [1.807, 2.05) is 0 Å². The van der Waals surface area contributed by atoms with Crippen LogP contribution < -0.4 is 0 Å². The number of aliphatic hydroxyl groups is 2. The van der Waals surface area contributed by atoms with Crippen LogP contribution in [0.2, 0.25) is 0 Å². The molecule has 0 bridgehead atoms. The van der Waals surface area contributed by atoms with Crippen LogP contribution in [0.15, 0.2) is 0 Å². The largest absolute Gasteiger partial charge is 0.396 e.